The lowest BCUT2D eigenvalue weighted by atomic mass is 9.95. The van der Waals surface area contributed by atoms with Crippen LogP contribution >= 0.6 is 0 Å². The second-order valence-corrected chi connectivity index (χ2v) is 8.89. The molecule has 0 saturated heterocycles. The minimum Gasteiger partial charge on any atom is -0.493 e. The number of hydrogen-bond donors (Lipinski definition) is 5. The van der Waals surface area contributed by atoms with E-state index in [9.17, 15) is 39.6 Å². The highest BCUT2D eigenvalue weighted by Gasteiger charge is 2.19. The van der Waals surface area contributed by atoms with Gasteiger partial charge in [-0.15, -0.1) is 0 Å². The van der Waals surface area contributed by atoms with Crippen molar-refractivity contribution in [3.63, 3.8) is 0 Å². The van der Waals surface area contributed by atoms with E-state index in [-0.39, 0.29) is 33.6 Å². The molecule has 4 aromatic rings. The lowest BCUT2D eigenvalue weighted by molar-refractivity contribution is 0.0598. The molecule has 0 aliphatic carbocycles. The third kappa shape index (κ3) is 6.72. The quantitative estimate of drug-likeness (QED) is 0.0951. The Hall–Kier alpha value is -6.30. The molecule has 0 unspecified atom stereocenters. The number of rotatable bonds is 9. The summed E-state index contributed by atoms with van der Waals surface area (Å²) in [4.78, 5) is 54.4. The molecular weight excluding hydrogens is 560 g/mol. The Morgan fingerprint density at radius 2 is 0.953 bits per heavy atom. The summed E-state index contributed by atoms with van der Waals surface area (Å²) >= 11 is 0. The predicted octanol–water partition coefficient (Wildman–Crippen LogP) is 5.51. The van der Waals surface area contributed by atoms with Gasteiger partial charge in [0.1, 0.15) is 0 Å². The highest BCUT2D eigenvalue weighted by Crippen LogP contribution is 2.28. The highest BCUT2D eigenvalue weighted by atomic mass is 16.5. The second kappa shape index (κ2) is 12.5. The predicted molar refractivity (Wildman–Crippen MR) is 155 cm³/mol. The van der Waals surface area contributed by atoms with Crippen molar-refractivity contribution in [3.05, 3.63) is 118 Å². The van der Waals surface area contributed by atoms with Crippen LogP contribution in [0.2, 0.25) is 0 Å². The van der Waals surface area contributed by atoms with Gasteiger partial charge in [0.05, 0.1) is 40.7 Å². The number of benzene rings is 4. The molecule has 0 aliphatic heterocycles. The topological polar surface area (TPSA) is 203 Å². The number of carbonyl (C=O) groups excluding carboxylic acids is 1. The number of carboxylic acid groups (broad SMARTS) is 3. The van der Waals surface area contributed by atoms with Gasteiger partial charge < -0.3 is 30.3 Å². The SMILES string of the molecule is COC(=O)c1ccc(N=C(O)c2ccc(-c3ccc(C(=O)O)c(C(=O)O)c3)cc2C(O)=Nc2ccc(C(=O)O)cc2)cc1. The van der Waals surface area contributed by atoms with Crippen molar-refractivity contribution in [3.8, 4) is 11.1 Å². The number of carboxylic acids is 3. The zero-order valence-electron chi connectivity index (χ0n) is 22.3. The molecule has 0 radical (unpaired) electrons. The summed E-state index contributed by atoms with van der Waals surface area (Å²) in [5.74, 6) is -5.71. The van der Waals surface area contributed by atoms with E-state index in [4.69, 9.17) is 5.11 Å². The first-order valence-electron chi connectivity index (χ1n) is 12.3. The minimum absolute atomic E-state index is 0.00293. The van der Waals surface area contributed by atoms with Crippen LogP contribution in [0.3, 0.4) is 0 Å². The van der Waals surface area contributed by atoms with Crippen LogP contribution in [0.1, 0.15) is 52.6 Å². The fourth-order valence-corrected chi connectivity index (χ4v) is 4.02. The molecule has 43 heavy (non-hydrogen) atoms. The summed E-state index contributed by atoms with van der Waals surface area (Å²) < 4.78 is 4.67. The van der Waals surface area contributed by atoms with Gasteiger partial charge in [0.25, 0.3) is 0 Å². The number of ether oxygens (including phenoxy) is 1. The van der Waals surface area contributed by atoms with Gasteiger partial charge in [-0.2, -0.15) is 0 Å². The van der Waals surface area contributed by atoms with Crippen LogP contribution in [-0.2, 0) is 4.74 Å². The maximum absolute atomic E-state index is 11.7. The summed E-state index contributed by atoms with van der Waals surface area (Å²) in [6, 6.07) is 19.1. The van der Waals surface area contributed by atoms with Crippen LogP contribution in [0.25, 0.3) is 11.1 Å². The number of aliphatic hydroxyl groups is 2. The van der Waals surface area contributed by atoms with E-state index in [1.165, 1.54) is 86.0 Å². The summed E-state index contributed by atoms with van der Waals surface area (Å²) in [6.07, 6.45) is 0. The summed E-state index contributed by atoms with van der Waals surface area (Å²) in [6.45, 7) is 0. The lowest BCUT2D eigenvalue weighted by Crippen LogP contribution is -2.10. The number of aliphatic hydroxyl groups excluding tert-OH is 2. The minimum atomic E-state index is -1.45. The molecule has 12 nitrogen and oxygen atoms in total. The van der Waals surface area contributed by atoms with Crippen LogP contribution in [0.4, 0.5) is 11.4 Å². The number of hydrogen-bond acceptors (Lipinski definition) is 7. The van der Waals surface area contributed by atoms with Gasteiger partial charge in [-0.05, 0) is 83.9 Å². The first-order valence-corrected chi connectivity index (χ1v) is 12.3. The maximum atomic E-state index is 11.7. The lowest BCUT2D eigenvalue weighted by Gasteiger charge is -2.12. The van der Waals surface area contributed by atoms with Crippen molar-refractivity contribution >= 4 is 47.0 Å². The molecule has 12 heteroatoms. The number of aliphatic imine (C=N–C) groups is 2. The van der Waals surface area contributed by atoms with E-state index < -0.39 is 46.8 Å². The molecule has 4 rings (SSSR count). The van der Waals surface area contributed by atoms with Crippen LogP contribution in [0.5, 0.6) is 0 Å². The molecule has 0 saturated carbocycles. The summed E-state index contributed by atoms with van der Waals surface area (Å²) in [5.41, 5.74) is 0.472. The molecule has 0 fully saturated rings. The average Bonchev–Trinajstić information content (AvgIpc) is 3.00. The van der Waals surface area contributed by atoms with Gasteiger partial charge in [0.15, 0.2) is 0 Å². The van der Waals surface area contributed by atoms with Crippen molar-refractivity contribution in [2.75, 3.05) is 7.11 Å². The van der Waals surface area contributed by atoms with Crippen molar-refractivity contribution in [2.45, 2.75) is 0 Å². The zero-order chi connectivity index (χ0) is 31.3. The van der Waals surface area contributed by atoms with E-state index >= 15 is 0 Å². The van der Waals surface area contributed by atoms with E-state index in [1.54, 1.807) is 0 Å². The molecule has 0 aromatic heterocycles. The number of nitrogens with zero attached hydrogens (tertiary/aromatic N) is 2. The summed E-state index contributed by atoms with van der Waals surface area (Å²) in [5, 5.41) is 50.0. The normalized spacial score (nSPS) is 11.6. The van der Waals surface area contributed by atoms with Gasteiger partial charge in [0.2, 0.25) is 11.8 Å². The smallest absolute Gasteiger partial charge is 0.337 e. The van der Waals surface area contributed by atoms with Gasteiger partial charge in [-0.1, -0.05) is 12.1 Å². The number of carbonyl (C=O) groups is 4. The molecule has 0 amide bonds. The van der Waals surface area contributed by atoms with Crippen molar-refractivity contribution in [2.24, 2.45) is 9.98 Å². The number of esters is 1. The molecule has 0 heterocycles. The second-order valence-electron chi connectivity index (χ2n) is 8.89. The van der Waals surface area contributed by atoms with Gasteiger partial charge in [0, 0.05) is 11.1 Å². The Labute approximate surface area is 243 Å². The van der Waals surface area contributed by atoms with Crippen molar-refractivity contribution in [1.29, 1.82) is 0 Å². The fourth-order valence-electron chi connectivity index (χ4n) is 4.02. The molecular formula is C31H22N2O10. The van der Waals surface area contributed by atoms with E-state index in [2.05, 4.69) is 14.7 Å². The molecule has 5 N–H and O–H groups in total. The van der Waals surface area contributed by atoms with Crippen LogP contribution in [-0.4, -0.2) is 68.3 Å². The molecule has 0 bridgehead atoms. The standard InChI is InChI=1S/C31H22N2O10/c1-43-31(42)17-4-10-21(11-5-17)32-26(34)22-12-6-18(19-7-13-23(29(38)39)25(15-19)30(40)41)14-24(22)27(35)33-20-8-2-16(3-9-20)28(36)37/h2-15H,1H3,(H,32,34)(H,33,35)(H,36,37)(H,38,39)(H,40,41). The molecule has 216 valence electrons. The highest BCUT2D eigenvalue weighted by molar-refractivity contribution is 6.08. The van der Waals surface area contributed by atoms with Gasteiger partial charge in [-0.25, -0.2) is 29.2 Å². The maximum Gasteiger partial charge on any atom is 0.337 e. The Bertz CT molecular complexity index is 1810. The van der Waals surface area contributed by atoms with Crippen molar-refractivity contribution in [1.82, 2.24) is 0 Å². The van der Waals surface area contributed by atoms with E-state index in [0.29, 0.717) is 11.1 Å². The number of methoxy groups -OCH3 is 1. The van der Waals surface area contributed by atoms with E-state index in [0.717, 1.165) is 6.07 Å². The van der Waals surface area contributed by atoms with Crippen molar-refractivity contribution < 1.29 is 49.4 Å². The molecule has 0 atom stereocenters. The average molecular weight is 583 g/mol. The Kier molecular flexibility index (Phi) is 8.61. The Morgan fingerprint density at radius 3 is 1.42 bits per heavy atom. The zero-order valence-corrected chi connectivity index (χ0v) is 22.3. The van der Waals surface area contributed by atoms with Crippen LogP contribution < -0.4 is 0 Å². The first-order chi connectivity index (χ1) is 20.5. The Morgan fingerprint density at radius 1 is 0.512 bits per heavy atom. The van der Waals surface area contributed by atoms with E-state index in [1.807, 2.05) is 0 Å². The largest absolute Gasteiger partial charge is 0.493 e. The fraction of sp³-hybridized carbons (Fsp3) is 0.0323. The third-order valence-corrected chi connectivity index (χ3v) is 6.19. The third-order valence-electron chi connectivity index (χ3n) is 6.19. The molecule has 0 aliphatic rings. The van der Waals surface area contributed by atoms with Gasteiger partial charge in [-0.3, -0.25) is 0 Å². The molecule has 4 aromatic carbocycles. The van der Waals surface area contributed by atoms with Crippen LogP contribution in [0.15, 0.2) is 94.9 Å². The number of aromatic carboxylic acids is 3. The Balaban J connectivity index is 1.83. The summed E-state index contributed by atoms with van der Waals surface area (Å²) in [7, 11) is 1.24. The monoisotopic (exact) mass is 582 g/mol. The first kappa shape index (κ1) is 29.7. The van der Waals surface area contributed by atoms with Gasteiger partial charge >= 0.3 is 23.9 Å². The molecule has 0 spiro atoms. The van der Waals surface area contributed by atoms with Crippen LogP contribution in [0, 0.1) is 0 Å².